The Morgan fingerprint density at radius 1 is 0.935 bits per heavy atom. The number of amides is 2. The topological polar surface area (TPSA) is 93.5 Å². The maximum atomic E-state index is 12.2. The summed E-state index contributed by atoms with van der Waals surface area (Å²) < 4.78 is 5.51. The third-order valence-electron chi connectivity index (χ3n) is 5.30. The van der Waals surface area contributed by atoms with Gasteiger partial charge >= 0.3 is 6.09 Å². The van der Waals surface area contributed by atoms with E-state index < -0.39 is 6.09 Å². The molecule has 0 atom stereocenters. The Morgan fingerprint density at radius 2 is 1.61 bits per heavy atom. The number of carbonyl (C=O) groups is 2. The zero-order valence-corrected chi connectivity index (χ0v) is 16.9. The van der Waals surface area contributed by atoms with Gasteiger partial charge in [0.25, 0.3) is 5.91 Å². The van der Waals surface area contributed by atoms with Gasteiger partial charge in [0.05, 0.1) is 0 Å². The summed E-state index contributed by atoms with van der Waals surface area (Å²) in [5.74, 6) is 4.83. The molecule has 0 spiro atoms. The fourth-order valence-corrected chi connectivity index (χ4v) is 3.85. The van der Waals surface area contributed by atoms with Crippen LogP contribution in [-0.4, -0.2) is 25.2 Å². The second-order valence-electron chi connectivity index (χ2n) is 7.21. The van der Waals surface area contributed by atoms with Crippen molar-refractivity contribution in [2.45, 2.75) is 5.92 Å². The molecule has 0 aliphatic heterocycles. The first kappa shape index (κ1) is 20.4. The van der Waals surface area contributed by atoms with Crippen LogP contribution in [0.2, 0.25) is 0 Å². The monoisotopic (exact) mass is 413 g/mol. The van der Waals surface area contributed by atoms with E-state index in [1.165, 1.54) is 22.3 Å². The molecule has 0 saturated heterocycles. The lowest BCUT2D eigenvalue weighted by Gasteiger charge is -2.14. The number of ether oxygens (including phenoxy) is 1. The molecule has 3 aromatic rings. The molecule has 6 heteroatoms. The Labute approximate surface area is 180 Å². The molecule has 4 rings (SSSR count). The van der Waals surface area contributed by atoms with E-state index in [0.717, 1.165) is 5.56 Å². The molecule has 0 radical (unpaired) electrons. The van der Waals surface area contributed by atoms with Crippen molar-refractivity contribution in [1.29, 1.82) is 0 Å². The van der Waals surface area contributed by atoms with Crippen LogP contribution in [0.4, 0.5) is 4.79 Å². The van der Waals surface area contributed by atoms with Gasteiger partial charge in [-0.2, -0.15) is 0 Å². The molecule has 2 amide bonds. The maximum absolute atomic E-state index is 12.2. The first-order valence-electron chi connectivity index (χ1n) is 10.0. The number of alkyl carbamates (subject to hydrolysis) is 1. The van der Waals surface area contributed by atoms with E-state index >= 15 is 0 Å². The van der Waals surface area contributed by atoms with Gasteiger partial charge in [-0.05, 0) is 39.9 Å². The van der Waals surface area contributed by atoms with Gasteiger partial charge in [0.15, 0.2) is 0 Å². The lowest BCUT2D eigenvalue weighted by atomic mass is 9.98. The lowest BCUT2D eigenvalue weighted by molar-refractivity contribution is 0.0953. The minimum Gasteiger partial charge on any atom is -0.449 e. The van der Waals surface area contributed by atoms with Crippen molar-refractivity contribution in [2.24, 2.45) is 5.84 Å². The molecule has 0 saturated carbocycles. The Hall–Kier alpha value is -3.90. The average molecular weight is 413 g/mol. The largest absolute Gasteiger partial charge is 0.449 e. The average Bonchev–Trinajstić information content (AvgIpc) is 3.14. The number of nitrogens with one attached hydrogen (secondary N) is 2. The Balaban J connectivity index is 1.31. The summed E-state index contributed by atoms with van der Waals surface area (Å²) >= 11 is 0. The van der Waals surface area contributed by atoms with Crippen LogP contribution in [0.3, 0.4) is 0 Å². The van der Waals surface area contributed by atoms with Crippen LogP contribution >= 0.6 is 0 Å². The smallest absolute Gasteiger partial charge is 0.407 e. The van der Waals surface area contributed by atoms with Gasteiger partial charge in [0, 0.05) is 18.0 Å². The van der Waals surface area contributed by atoms with Gasteiger partial charge in [-0.25, -0.2) is 10.6 Å². The number of hydrazine groups is 1. The predicted molar refractivity (Wildman–Crippen MR) is 120 cm³/mol. The van der Waals surface area contributed by atoms with Crippen LogP contribution in [0.5, 0.6) is 0 Å². The summed E-state index contributed by atoms with van der Waals surface area (Å²) in [6, 6.07) is 23.5. The first-order valence-corrected chi connectivity index (χ1v) is 10.0. The lowest BCUT2D eigenvalue weighted by Crippen LogP contribution is -2.29. The van der Waals surface area contributed by atoms with Gasteiger partial charge in [0.1, 0.15) is 6.61 Å². The van der Waals surface area contributed by atoms with E-state index in [-0.39, 0.29) is 18.4 Å². The molecule has 1 aliphatic rings. The van der Waals surface area contributed by atoms with Crippen molar-refractivity contribution >= 4 is 18.1 Å². The van der Waals surface area contributed by atoms with E-state index in [9.17, 15) is 9.59 Å². The number of fused-ring (bicyclic) bond motifs is 3. The highest BCUT2D eigenvalue weighted by molar-refractivity contribution is 5.94. The quantitative estimate of drug-likeness (QED) is 0.325. The molecule has 0 aromatic heterocycles. The van der Waals surface area contributed by atoms with E-state index in [1.54, 1.807) is 24.3 Å². The fraction of sp³-hybridized carbons (Fsp3) is 0.120. The van der Waals surface area contributed by atoms with Gasteiger partial charge in [-0.15, -0.1) is 0 Å². The fourth-order valence-electron chi connectivity index (χ4n) is 3.85. The Morgan fingerprint density at radius 3 is 2.29 bits per heavy atom. The molecule has 0 bridgehead atoms. The highest BCUT2D eigenvalue weighted by Crippen LogP contribution is 2.44. The number of nitrogen functional groups attached to an aromatic ring is 1. The molecular weight excluding hydrogens is 390 g/mol. The van der Waals surface area contributed by atoms with E-state index in [4.69, 9.17) is 10.6 Å². The number of benzene rings is 3. The van der Waals surface area contributed by atoms with Crippen LogP contribution < -0.4 is 16.6 Å². The van der Waals surface area contributed by atoms with Crippen molar-refractivity contribution in [3.8, 4) is 11.1 Å². The summed E-state index contributed by atoms with van der Waals surface area (Å²) in [5.41, 5.74) is 8.15. The van der Waals surface area contributed by atoms with E-state index in [0.29, 0.717) is 12.1 Å². The summed E-state index contributed by atoms with van der Waals surface area (Å²) in [6.45, 7) is 0.587. The van der Waals surface area contributed by atoms with Crippen LogP contribution in [0.15, 0.2) is 78.9 Å². The van der Waals surface area contributed by atoms with Gasteiger partial charge in [-0.1, -0.05) is 72.8 Å². The molecular formula is C25H23N3O3. The Bertz CT molecular complexity index is 1090. The molecule has 31 heavy (non-hydrogen) atoms. The van der Waals surface area contributed by atoms with Crippen molar-refractivity contribution in [2.75, 3.05) is 13.2 Å². The zero-order chi connectivity index (χ0) is 21.6. The van der Waals surface area contributed by atoms with Crippen molar-refractivity contribution < 1.29 is 14.3 Å². The molecule has 6 nitrogen and oxygen atoms in total. The van der Waals surface area contributed by atoms with Crippen molar-refractivity contribution in [1.82, 2.24) is 10.7 Å². The standard InChI is InChI=1S/C25H23N3O3/c26-28-24(29)18-9-5-7-17(15-18)8-6-14-27-25(30)31-16-23-21-12-3-1-10-19(21)20-11-2-4-13-22(20)23/h1-13,15,23H,14,16,26H2,(H,27,30)(H,28,29). The number of carbonyl (C=O) groups excluding carboxylic acids is 2. The van der Waals surface area contributed by atoms with Crippen LogP contribution in [-0.2, 0) is 4.74 Å². The minimum absolute atomic E-state index is 0.0325. The van der Waals surface area contributed by atoms with Crippen LogP contribution in [0, 0.1) is 0 Å². The predicted octanol–water partition coefficient (Wildman–Crippen LogP) is 3.84. The third kappa shape index (κ3) is 4.49. The molecule has 0 heterocycles. The summed E-state index contributed by atoms with van der Waals surface area (Å²) in [6.07, 6.45) is 3.14. The maximum Gasteiger partial charge on any atom is 0.407 e. The number of hydrogen-bond donors (Lipinski definition) is 3. The number of nitrogens with two attached hydrogens (primary N) is 1. The molecule has 3 aromatic carbocycles. The number of hydrogen-bond acceptors (Lipinski definition) is 4. The first-order chi connectivity index (χ1) is 15.2. The van der Waals surface area contributed by atoms with E-state index in [2.05, 4.69) is 35.0 Å². The zero-order valence-electron chi connectivity index (χ0n) is 16.9. The van der Waals surface area contributed by atoms with Gasteiger partial charge in [0.2, 0.25) is 0 Å². The van der Waals surface area contributed by atoms with Crippen molar-refractivity contribution in [3.05, 3.63) is 101 Å². The second-order valence-corrected chi connectivity index (χ2v) is 7.21. The van der Waals surface area contributed by atoms with Gasteiger partial charge < -0.3 is 10.1 Å². The molecule has 156 valence electrons. The molecule has 4 N–H and O–H groups in total. The summed E-state index contributed by atoms with van der Waals surface area (Å²) in [4.78, 5) is 23.8. The van der Waals surface area contributed by atoms with Crippen LogP contribution in [0.1, 0.15) is 33.0 Å². The summed E-state index contributed by atoms with van der Waals surface area (Å²) in [5, 5.41) is 2.73. The normalized spacial score (nSPS) is 12.3. The molecule has 1 aliphatic carbocycles. The van der Waals surface area contributed by atoms with Crippen molar-refractivity contribution in [3.63, 3.8) is 0 Å². The minimum atomic E-state index is -0.470. The Kier molecular flexibility index (Phi) is 6.10. The SMILES string of the molecule is NNC(=O)c1cccc(C=CCNC(=O)OCC2c3ccccc3-c3ccccc32)c1. The van der Waals surface area contributed by atoms with E-state index in [1.807, 2.05) is 36.4 Å². The second kappa shape index (κ2) is 9.28. The highest BCUT2D eigenvalue weighted by atomic mass is 16.5. The molecule has 0 unspecified atom stereocenters. The van der Waals surface area contributed by atoms with Crippen LogP contribution in [0.25, 0.3) is 17.2 Å². The third-order valence-corrected chi connectivity index (χ3v) is 5.30. The van der Waals surface area contributed by atoms with Gasteiger partial charge in [-0.3, -0.25) is 10.2 Å². The summed E-state index contributed by atoms with van der Waals surface area (Å²) in [7, 11) is 0. The molecule has 0 fully saturated rings. The highest BCUT2D eigenvalue weighted by Gasteiger charge is 2.28. The number of rotatable bonds is 6.